The quantitative estimate of drug-likeness (QED) is 0.351. The van der Waals surface area contributed by atoms with Crippen molar-refractivity contribution in [1.29, 1.82) is 0 Å². The van der Waals surface area contributed by atoms with Gasteiger partial charge in [0.2, 0.25) is 0 Å². The van der Waals surface area contributed by atoms with Gasteiger partial charge in [-0.25, -0.2) is 0 Å². The first-order valence-electron chi connectivity index (χ1n) is 9.39. The minimum atomic E-state index is -0.135. The van der Waals surface area contributed by atoms with Crippen molar-refractivity contribution in [2.24, 2.45) is 0 Å². The topological polar surface area (TPSA) is 32.8 Å². The number of hydrogen-bond acceptors (Lipinski definition) is 3. The number of likely N-dealkylation sites (N-methyl/N-ethyl adjacent to an activating group) is 1. The van der Waals surface area contributed by atoms with Crippen LogP contribution in [0.4, 0.5) is 5.69 Å². The van der Waals surface area contributed by atoms with Gasteiger partial charge in [-0.05, 0) is 65.8 Å². The number of para-hydroxylation sites is 1. The molecule has 1 fully saturated rings. The fourth-order valence-corrected chi connectivity index (χ4v) is 3.68. The normalized spacial score (nSPS) is 15.2. The lowest BCUT2D eigenvalue weighted by atomic mass is 10.1. The van der Waals surface area contributed by atoms with Crippen molar-refractivity contribution in [2.45, 2.75) is 6.61 Å². The minimum Gasteiger partial charge on any atom is -0.489 e. The number of benzene rings is 3. The van der Waals surface area contributed by atoms with Gasteiger partial charge >= 0.3 is 0 Å². The molecule has 0 aromatic heterocycles. The van der Waals surface area contributed by atoms with E-state index in [2.05, 4.69) is 15.9 Å². The molecule has 4 rings (SSSR count). The number of carbonyl (C=O) groups excluding carboxylic acids is 1. The Bertz CT molecular complexity index is 1100. The third kappa shape index (κ3) is 4.30. The van der Waals surface area contributed by atoms with Crippen LogP contribution in [-0.4, -0.2) is 23.0 Å². The molecule has 150 valence electrons. The van der Waals surface area contributed by atoms with E-state index in [0.717, 1.165) is 27.0 Å². The minimum absolute atomic E-state index is 0.135. The van der Waals surface area contributed by atoms with Crippen molar-refractivity contribution in [3.8, 4) is 5.75 Å². The van der Waals surface area contributed by atoms with Crippen LogP contribution in [0.15, 0.2) is 89.0 Å². The summed E-state index contributed by atoms with van der Waals surface area (Å²) in [6, 6.07) is 25.1. The highest BCUT2D eigenvalue weighted by molar-refractivity contribution is 9.10. The summed E-state index contributed by atoms with van der Waals surface area (Å²) in [7, 11) is 1.81. The molecule has 0 atom stereocenters. The molecule has 3 aromatic carbocycles. The van der Waals surface area contributed by atoms with Crippen LogP contribution in [0.5, 0.6) is 5.75 Å². The molecule has 30 heavy (non-hydrogen) atoms. The van der Waals surface area contributed by atoms with Crippen LogP contribution in [0.2, 0.25) is 0 Å². The largest absolute Gasteiger partial charge is 0.489 e. The zero-order valence-electron chi connectivity index (χ0n) is 16.3. The maximum Gasteiger partial charge on any atom is 0.281 e. The summed E-state index contributed by atoms with van der Waals surface area (Å²) in [6.07, 6.45) is 1.84. The van der Waals surface area contributed by atoms with Gasteiger partial charge in [0.25, 0.3) is 5.91 Å². The molecular weight excluding hydrogens is 460 g/mol. The Hall–Kier alpha value is -2.96. The number of halogens is 1. The van der Waals surface area contributed by atoms with Gasteiger partial charge in [-0.2, -0.15) is 0 Å². The van der Waals surface area contributed by atoms with Crippen LogP contribution in [0.3, 0.4) is 0 Å². The maximum atomic E-state index is 13.0. The van der Waals surface area contributed by atoms with Gasteiger partial charge in [0.05, 0.1) is 5.69 Å². The average molecular weight is 479 g/mol. The van der Waals surface area contributed by atoms with Gasteiger partial charge in [0.15, 0.2) is 5.11 Å². The second-order valence-electron chi connectivity index (χ2n) is 6.83. The maximum absolute atomic E-state index is 13.0. The Kier molecular flexibility index (Phi) is 5.97. The van der Waals surface area contributed by atoms with E-state index >= 15 is 0 Å². The second-order valence-corrected chi connectivity index (χ2v) is 8.11. The molecule has 1 heterocycles. The highest BCUT2D eigenvalue weighted by Crippen LogP contribution is 2.28. The van der Waals surface area contributed by atoms with E-state index in [1.165, 1.54) is 0 Å². The Morgan fingerprint density at radius 2 is 1.63 bits per heavy atom. The van der Waals surface area contributed by atoms with Gasteiger partial charge in [-0.3, -0.25) is 9.69 Å². The summed E-state index contributed by atoms with van der Waals surface area (Å²) in [5, 5.41) is 0.465. The van der Waals surface area contributed by atoms with Crippen LogP contribution in [0.1, 0.15) is 11.1 Å². The number of hydrogen-bond donors (Lipinski definition) is 0. The molecule has 1 aliphatic heterocycles. The Morgan fingerprint density at radius 3 is 2.30 bits per heavy atom. The smallest absolute Gasteiger partial charge is 0.281 e. The van der Waals surface area contributed by atoms with Crippen molar-refractivity contribution < 1.29 is 9.53 Å². The van der Waals surface area contributed by atoms with E-state index in [4.69, 9.17) is 17.0 Å². The molecule has 3 aromatic rings. The number of carbonyl (C=O) groups is 1. The predicted molar refractivity (Wildman–Crippen MR) is 127 cm³/mol. The Morgan fingerprint density at radius 1 is 0.967 bits per heavy atom. The molecule has 0 spiro atoms. The SMILES string of the molecule is CN1C(=S)N(c2ccccc2)C(=O)/C1=C/c1ccc(OCc2ccc(Br)cc2)cc1. The van der Waals surface area contributed by atoms with E-state index in [1.54, 1.807) is 9.80 Å². The fraction of sp³-hybridized carbons (Fsp3) is 0.0833. The molecule has 1 saturated heterocycles. The molecule has 4 nitrogen and oxygen atoms in total. The summed E-state index contributed by atoms with van der Waals surface area (Å²) >= 11 is 8.92. The average Bonchev–Trinajstić information content (AvgIpc) is 2.98. The third-order valence-corrected chi connectivity index (χ3v) is 5.76. The highest BCUT2D eigenvalue weighted by Gasteiger charge is 2.36. The van der Waals surface area contributed by atoms with Gasteiger partial charge in [-0.15, -0.1) is 0 Å². The third-order valence-electron chi connectivity index (χ3n) is 4.78. The zero-order valence-corrected chi connectivity index (χ0v) is 18.7. The zero-order chi connectivity index (χ0) is 21.1. The number of rotatable bonds is 5. The van der Waals surface area contributed by atoms with Crippen molar-refractivity contribution in [3.63, 3.8) is 0 Å². The summed E-state index contributed by atoms with van der Waals surface area (Å²) in [6.45, 7) is 0.495. The van der Waals surface area contributed by atoms with Crippen LogP contribution in [0, 0.1) is 0 Å². The monoisotopic (exact) mass is 478 g/mol. The number of amides is 1. The number of anilines is 1. The Balaban J connectivity index is 1.48. The lowest BCUT2D eigenvalue weighted by Gasteiger charge is -2.16. The molecule has 6 heteroatoms. The van der Waals surface area contributed by atoms with E-state index in [1.807, 2.05) is 92.0 Å². The molecule has 0 radical (unpaired) electrons. The first-order chi connectivity index (χ1) is 14.5. The number of nitrogens with zero attached hydrogens (tertiary/aromatic N) is 2. The lowest BCUT2D eigenvalue weighted by molar-refractivity contribution is -0.114. The number of ether oxygens (including phenoxy) is 1. The van der Waals surface area contributed by atoms with Gasteiger partial charge in [0.1, 0.15) is 18.1 Å². The van der Waals surface area contributed by atoms with Crippen molar-refractivity contribution in [2.75, 3.05) is 11.9 Å². The van der Waals surface area contributed by atoms with Gasteiger partial charge < -0.3 is 9.64 Å². The molecule has 1 amide bonds. The molecule has 0 unspecified atom stereocenters. The van der Waals surface area contributed by atoms with E-state index in [-0.39, 0.29) is 5.91 Å². The van der Waals surface area contributed by atoms with Gasteiger partial charge in [0, 0.05) is 11.5 Å². The molecule has 0 saturated carbocycles. The van der Waals surface area contributed by atoms with Crippen molar-refractivity contribution in [3.05, 3.63) is 100 Å². The number of thiocarbonyl (C=S) groups is 1. The summed E-state index contributed by atoms with van der Waals surface area (Å²) in [5.41, 5.74) is 3.29. The predicted octanol–water partition coefficient (Wildman–Crippen LogP) is 5.63. The second kappa shape index (κ2) is 8.81. The van der Waals surface area contributed by atoms with Crippen molar-refractivity contribution >= 4 is 50.9 Å². The van der Waals surface area contributed by atoms with Crippen LogP contribution in [-0.2, 0) is 11.4 Å². The van der Waals surface area contributed by atoms with Crippen molar-refractivity contribution in [1.82, 2.24) is 4.90 Å². The molecule has 0 N–H and O–H groups in total. The van der Waals surface area contributed by atoms with Crippen LogP contribution < -0.4 is 9.64 Å². The van der Waals surface area contributed by atoms with Gasteiger partial charge in [-0.1, -0.05) is 58.4 Å². The standard InChI is InChI=1S/C24H19BrN2O2S/c1-26-22(23(28)27(24(26)30)20-5-3-2-4-6-20)15-17-9-13-21(14-10-17)29-16-18-7-11-19(25)12-8-18/h2-15H,16H2,1H3/b22-15-. The van der Waals surface area contributed by atoms with E-state index in [0.29, 0.717) is 17.4 Å². The Labute approximate surface area is 189 Å². The molecule has 0 bridgehead atoms. The van der Waals surface area contributed by atoms with E-state index in [9.17, 15) is 4.79 Å². The summed E-state index contributed by atoms with van der Waals surface area (Å²) in [5.74, 6) is 0.636. The molecular formula is C24H19BrN2O2S. The first-order valence-corrected chi connectivity index (χ1v) is 10.6. The first kappa shape index (κ1) is 20.3. The van der Waals surface area contributed by atoms with Crippen LogP contribution in [0.25, 0.3) is 6.08 Å². The fourth-order valence-electron chi connectivity index (χ4n) is 3.13. The van der Waals surface area contributed by atoms with Crippen LogP contribution >= 0.6 is 28.1 Å². The highest BCUT2D eigenvalue weighted by atomic mass is 79.9. The molecule has 1 aliphatic rings. The lowest BCUT2D eigenvalue weighted by Crippen LogP contribution is -2.30. The summed E-state index contributed by atoms with van der Waals surface area (Å²) < 4.78 is 6.89. The molecule has 0 aliphatic carbocycles. The summed E-state index contributed by atoms with van der Waals surface area (Å²) in [4.78, 5) is 16.3. The van der Waals surface area contributed by atoms with E-state index < -0.39 is 0 Å².